The minimum Gasteiger partial charge on any atom is -0.477 e. The molecule has 0 aliphatic carbocycles. The molecule has 62 heteroatoms. The maximum absolute atomic E-state index is 13.2. The molecule has 0 aromatic rings. The standard InChI is InChI=1S/C76H125N5O57/c1-18(89)77-35-23(94)6-75(73(116)117,137-60(35)40(98)25(96)8-82)121-16-33-44(102)50(108)54(112)68(129-33)131-58-30(13-87)126-66(38(48(58)106)80-21(4)92)135-63-52(110)42(100)27(10-84)124-71(63)120-15-32-46(104)62(56(114)70(128-32)133-57-29(12-86)123-65(115)37(47(57)105)79-20(3)91)134-72-64(53(111)43(101)28(11-85)125-72)136-67-39(81-22(5)93)49(107)59(31(14-88)127-67)132-69-55(113)51(109)45(103)34(130-69)17-122-76(74(118)119)7-24(95)36(78-19(2)90)61(138-76)41(99)26(97)9-83/h23-72,82-88,94-115H,6-17H2,1-5H3,(H,77,89)(H,78,90)(H,79,91)(H,80,92)(H,81,93)(H,116,117)(H,118,119)/t23-,24-,25+,26+,27+,28+,29+,30+,31+,32+,33+,34+,35+,36+,37+,38+,39+,40+,41+,42+,43+,44-,45-,46+,47+,48+,49+,50-,51-,52-,53-,54+,55+,56-,57+,58+,59+,60+,61+,62-,63-,64-,65+,66-,67-,68-,69-,70-,71-,72+,75+,76+/m0/s1. The smallest absolute Gasteiger partial charge is 0.364 e. The Morgan fingerprint density at radius 1 is 0.297 bits per heavy atom. The molecule has 62 nitrogen and oxygen atoms in total. The van der Waals surface area contributed by atoms with E-state index in [1.807, 2.05) is 0 Å². The van der Waals surface area contributed by atoms with Crippen molar-refractivity contribution in [2.75, 3.05) is 66.1 Å². The molecule has 10 saturated heterocycles. The number of amides is 5. The first-order valence-corrected chi connectivity index (χ1v) is 43.4. The van der Waals surface area contributed by atoms with E-state index in [-0.39, 0.29) is 0 Å². The molecule has 10 aliphatic heterocycles. The molecule has 0 aromatic carbocycles. The van der Waals surface area contributed by atoms with Gasteiger partial charge in [-0.1, -0.05) is 0 Å². The summed E-state index contributed by atoms with van der Waals surface area (Å²) in [6.45, 7) is -7.65. The van der Waals surface area contributed by atoms with Crippen molar-refractivity contribution in [3.05, 3.63) is 0 Å². The van der Waals surface area contributed by atoms with Crippen LogP contribution >= 0.6 is 0 Å². The second-order valence-electron chi connectivity index (χ2n) is 34.6. The van der Waals surface area contributed by atoms with E-state index in [4.69, 9.17) is 90.0 Å². The van der Waals surface area contributed by atoms with Gasteiger partial charge >= 0.3 is 11.9 Å². The van der Waals surface area contributed by atoms with Gasteiger partial charge in [0, 0.05) is 47.5 Å². The number of aliphatic hydroxyl groups excluding tert-OH is 29. The van der Waals surface area contributed by atoms with E-state index in [0.29, 0.717) is 0 Å². The number of carbonyl (C=O) groups excluding carboxylic acids is 5. The average Bonchev–Trinajstić information content (AvgIpc) is 0.776. The van der Waals surface area contributed by atoms with Crippen LogP contribution in [0.2, 0.25) is 0 Å². The van der Waals surface area contributed by atoms with Crippen LogP contribution in [0.3, 0.4) is 0 Å². The van der Waals surface area contributed by atoms with Crippen molar-refractivity contribution in [2.45, 2.75) is 365 Å². The highest BCUT2D eigenvalue weighted by Crippen LogP contribution is 2.43. The summed E-state index contributed by atoms with van der Waals surface area (Å²) in [7, 11) is 0. The van der Waals surface area contributed by atoms with Crippen LogP contribution in [0.15, 0.2) is 0 Å². The van der Waals surface area contributed by atoms with Crippen molar-refractivity contribution in [3.63, 3.8) is 0 Å². The fraction of sp³-hybridized carbons (Fsp3) is 0.908. The zero-order valence-corrected chi connectivity index (χ0v) is 73.8. The van der Waals surface area contributed by atoms with E-state index in [1.165, 1.54) is 0 Å². The Bertz CT molecular complexity index is 3930. The molecule has 0 saturated carbocycles. The Morgan fingerprint density at radius 2 is 0.587 bits per heavy atom. The minimum absolute atomic E-state index is 0.852. The van der Waals surface area contributed by atoms with Crippen molar-refractivity contribution in [2.24, 2.45) is 0 Å². The third kappa shape index (κ3) is 25.4. The fourth-order valence-electron chi connectivity index (χ4n) is 17.5. The van der Waals surface area contributed by atoms with Gasteiger partial charge in [0.1, 0.15) is 232 Å². The maximum Gasteiger partial charge on any atom is 0.364 e. The quantitative estimate of drug-likeness (QED) is 0.0272. The van der Waals surface area contributed by atoms with Crippen LogP contribution in [0.25, 0.3) is 0 Å². The third-order valence-corrected chi connectivity index (χ3v) is 24.8. The first-order valence-electron chi connectivity index (χ1n) is 43.4. The maximum atomic E-state index is 13.2. The number of hydrogen-bond acceptors (Lipinski definition) is 55. The van der Waals surface area contributed by atoms with Crippen molar-refractivity contribution in [1.29, 1.82) is 0 Å². The molecule has 5 amide bonds. The summed E-state index contributed by atoms with van der Waals surface area (Å²) in [6, 6.07) is -9.40. The summed E-state index contributed by atoms with van der Waals surface area (Å²) in [6.07, 6.45) is -103. The number of carboxylic acid groups (broad SMARTS) is 2. The lowest BCUT2D eigenvalue weighted by atomic mass is 9.88. The van der Waals surface area contributed by atoms with Gasteiger partial charge in [0.05, 0.1) is 90.4 Å². The van der Waals surface area contributed by atoms with Crippen LogP contribution in [-0.4, -0.2) is 584 Å². The van der Waals surface area contributed by atoms with Crippen molar-refractivity contribution < 1.29 is 282 Å². The van der Waals surface area contributed by atoms with Crippen LogP contribution in [-0.2, 0) is 124 Å². The molecule has 138 heavy (non-hydrogen) atoms. The summed E-state index contributed by atoms with van der Waals surface area (Å²) < 4.78 is 112. The molecule has 52 atom stereocenters. The zero-order chi connectivity index (χ0) is 102. The number of carbonyl (C=O) groups is 7. The topological polar surface area (TPSA) is 982 Å². The van der Waals surface area contributed by atoms with Crippen LogP contribution in [0.4, 0.5) is 0 Å². The number of hydrogen-bond donors (Lipinski definition) is 36. The molecule has 0 bridgehead atoms. The highest BCUT2D eigenvalue weighted by atomic mass is 16.8. The SMILES string of the molecule is CC(=O)N[C@@H]1[C@@H](O)[C@H](O[C@@H]2O[C@H](CO[C@H]3O[C@H](CO)[C@@H](O)[C@H](O)[C@@H]3O[C@@H]3O[C@H](CO)[C@@H](O[C@@H]4O[C@H](CO[C@]5(C(=O)O)C[C@H](O)[C@@H](NC(C)=O)[C@H]([C@H](O)[C@H](O)CO)O5)[C@H](O)[C@H](O)[C@H]4O)[C@H](O)[C@H]3NC(C)=O)[C@@H](O)[C@H](O[C@H]3O[C@H](CO)[C@@H](O)[C@H](O)[C@@H]3O[C@@H]3O[C@H](CO)[C@@H](O[C@@H]4O[C@H](CO[C@]5(C(=O)O)C[C@H](O)[C@@H](NC(C)=O)[C@H]([C@H](O)[C@H](O)CO)O5)[C@H](O)[C@H](O)[C@H]4O)[C@H](O)[C@H]3NC(C)=O)[C@@H]2O)[C@@H](CO)O[C@H]1O. The second kappa shape index (κ2) is 49.0. The third-order valence-electron chi connectivity index (χ3n) is 24.8. The lowest BCUT2D eigenvalue weighted by Gasteiger charge is -2.51. The largest absolute Gasteiger partial charge is 0.477 e. The first kappa shape index (κ1) is 114. The fourth-order valence-corrected chi connectivity index (χ4v) is 17.5. The van der Waals surface area contributed by atoms with Crippen molar-refractivity contribution >= 4 is 41.5 Å². The Kier molecular flexibility index (Phi) is 40.6. The van der Waals surface area contributed by atoms with Crippen LogP contribution in [0, 0.1) is 0 Å². The lowest BCUT2D eigenvalue weighted by Crippen LogP contribution is -2.70. The van der Waals surface area contributed by atoms with Gasteiger partial charge in [-0.15, -0.1) is 0 Å². The average molecular weight is 2020 g/mol. The molecule has 0 aromatic heterocycles. The predicted octanol–water partition coefficient (Wildman–Crippen LogP) is -23.7. The normalized spacial score (nSPS) is 46.2. The van der Waals surface area contributed by atoms with Gasteiger partial charge in [0.2, 0.25) is 29.5 Å². The number of rotatable bonds is 39. The second-order valence-corrected chi connectivity index (χ2v) is 34.6. The summed E-state index contributed by atoms with van der Waals surface area (Å²) in [4.78, 5) is 89.1. The number of aliphatic carboxylic acids is 2. The van der Waals surface area contributed by atoms with E-state index in [1.54, 1.807) is 0 Å². The molecule has 10 heterocycles. The van der Waals surface area contributed by atoms with Gasteiger partial charge in [-0.3, -0.25) is 24.0 Å². The minimum atomic E-state index is -3.11. The first-order chi connectivity index (χ1) is 64.9. The zero-order valence-electron chi connectivity index (χ0n) is 73.8. The molecule has 0 unspecified atom stereocenters. The van der Waals surface area contributed by atoms with E-state index >= 15 is 0 Å². The molecule has 36 N–H and O–H groups in total. The van der Waals surface area contributed by atoms with E-state index in [9.17, 15) is 192 Å². The Labute approximate surface area is 779 Å². The summed E-state index contributed by atoms with van der Waals surface area (Å²) in [5.74, 6) is -15.0. The van der Waals surface area contributed by atoms with E-state index < -0.39 is 438 Å². The van der Waals surface area contributed by atoms with Crippen molar-refractivity contribution in [3.8, 4) is 0 Å². The molecular weight excluding hydrogens is 1890 g/mol. The monoisotopic (exact) mass is 2020 g/mol. The predicted molar refractivity (Wildman–Crippen MR) is 422 cm³/mol. The molecule has 0 radical (unpaired) electrons. The van der Waals surface area contributed by atoms with E-state index in [2.05, 4.69) is 26.6 Å². The highest BCUT2D eigenvalue weighted by molar-refractivity contribution is 5.78. The van der Waals surface area contributed by atoms with Gasteiger partial charge in [-0.2, -0.15) is 0 Å². The Balaban J connectivity index is 0.908. The van der Waals surface area contributed by atoms with Crippen LogP contribution in [0.5, 0.6) is 0 Å². The van der Waals surface area contributed by atoms with Gasteiger partial charge in [-0.25, -0.2) is 9.59 Å². The van der Waals surface area contributed by atoms with Gasteiger partial charge in [-0.05, 0) is 0 Å². The van der Waals surface area contributed by atoms with Crippen LogP contribution < -0.4 is 26.6 Å². The molecule has 10 aliphatic rings. The molecule has 10 rings (SSSR count). The molecule has 10 fully saturated rings. The van der Waals surface area contributed by atoms with Crippen LogP contribution in [0.1, 0.15) is 47.5 Å². The molecule has 796 valence electrons. The summed E-state index contributed by atoms with van der Waals surface area (Å²) in [5, 5.41) is 357. The van der Waals surface area contributed by atoms with E-state index in [0.717, 1.165) is 34.6 Å². The highest BCUT2D eigenvalue weighted by Gasteiger charge is 2.64. The Morgan fingerprint density at radius 3 is 0.942 bits per heavy atom. The number of aliphatic hydroxyl groups is 29. The Hall–Kier alpha value is -5.63. The van der Waals surface area contributed by atoms with Gasteiger partial charge in [0.25, 0.3) is 11.6 Å². The van der Waals surface area contributed by atoms with Crippen molar-refractivity contribution in [1.82, 2.24) is 26.6 Å². The molecular formula is C76H125N5O57. The summed E-state index contributed by atoms with van der Waals surface area (Å²) >= 11 is 0. The van der Waals surface area contributed by atoms with Gasteiger partial charge < -0.3 is 275 Å². The number of nitrogens with one attached hydrogen (secondary N) is 5. The number of carboxylic acids is 2. The molecule has 0 spiro atoms. The van der Waals surface area contributed by atoms with Gasteiger partial charge in [0.15, 0.2) is 50.3 Å². The lowest BCUT2D eigenvalue weighted by molar-refractivity contribution is -0.398. The number of ether oxygens (including phenoxy) is 19. The summed E-state index contributed by atoms with van der Waals surface area (Å²) in [5.41, 5.74) is 0.